The summed E-state index contributed by atoms with van der Waals surface area (Å²) in [5, 5.41) is 0.280. The van der Waals surface area contributed by atoms with E-state index < -0.39 is 17.5 Å². The third kappa shape index (κ3) is 4.65. The van der Waals surface area contributed by atoms with Gasteiger partial charge in [-0.2, -0.15) is 0 Å². The van der Waals surface area contributed by atoms with Crippen LogP contribution in [-0.4, -0.2) is 27.0 Å². The van der Waals surface area contributed by atoms with Crippen LogP contribution in [0.15, 0.2) is 52.1 Å². The van der Waals surface area contributed by atoms with E-state index in [1.54, 1.807) is 24.7 Å². The lowest BCUT2D eigenvalue weighted by Crippen LogP contribution is -2.32. The molecule has 29 heavy (non-hydrogen) atoms. The maximum absolute atomic E-state index is 14.1. The van der Waals surface area contributed by atoms with Crippen LogP contribution in [0.25, 0.3) is 10.2 Å². The number of furan rings is 1. The number of anilines is 1. The Morgan fingerprint density at radius 1 is 1.31 bits per heavy atom. The summed E-state index contributed by atoms with van der Waals surface area (Å²) in [7, 11) is 0. The lowest BCUT2D eigenvalue weighted by molar-refractivity contribution is 0.0958. The Hall–Kier alpha value is -2.30. The van der Waals surface area contributed by atoms with E-state index in [0.29, 0.717) is 28.9 Å². The summed E-state index contributed by atoms with van der Waals surface area (Å²) in [5.41, 5.74) is 0.0365. The Bertz CT molecular complexity index is 1130. The van der Waals surface area contributed by atoms with Gasteiger partial charge < -0.3 is 8.98 Å². The minimum Gasteiger partial charge on any atom is -0.444 e. The summed E-state index contributed by atoms with van der Waals surface area (Å²) >= 11 is 4.23. The number of aromatic nitrogens is 3. The molecule has 0 radical (unpaired) electrons. The van der Waals surface area contributed by atoms with E-state index in [-0.39, 0.29) is 28.8 Å². The predicted octanol–water partition coefficient (Wildman–Crippen LogP) is 5.29. The fourth-order valence-corrected chi connectivity index (χ4v) is 4.07. The SMILES string of the molecule is Cl.O=C(c1ccc(Br)o1)N(CCCn1ccnc1)c1nc2c(F)cc(F)cc2s1. The van der Waals surface area contributed by atoms with Gasteiger partial charge in [-0.3, -0.25) is 9.69 Å². The monoisotopic (exact) mass is 502 g/mol. The van der Waals surface area contributed by atoms with Crippen LogP contribution in [-0.2, 0) is 6.54 Å². The zero-order chi connectivity index (χ0) is 19.7. The molecule has 0 N–H and O–H groups in total. The third-order valence-electron chi connectivity index (χ3n) is 4.02. The number of fused-ring (bicyclic) bond motifs is 1. The summed E-state index contributed by atoms with van der Waals surface area (Å²) in [5.74, 6) is -1.73. The topological polar surface area (TPSA) is 64.2 Å². The summed E-state index contributed by atoms with van der Waals surface area (Å²) < 4.78 is 35.6. The number of hydrogen-bond donors (Lipinski definition) is 0. The zero-order valence-electron chi connectivity index (χ0n) is 14.7. The molecule has 0 atom stereocenters. The van der Waals surface area contributed by atoms with Gasteiger partial charge in [-0.25, -0.2) is 18.7 Å². The van der Waals surface area contributed by atoms with E-state index in [1.165, 1.54) is 11.0 Å². The number of amides is 1. The number of benzene rings is 1. The molecule has 0 unspecified atom stereocenters. The highest BCUT2D eigenvalue weighted by Crippen LogP contribution is 2.32. The predicted molar refractivity (Wildman–Crippen MR) is 112 cm³/mol. The number of rotatable bonds is 6. The van der Waals surface area contributed by atoms with Crippen molar-refractivity contribution in [2.75, 3.05) is 11.4 Å². The molecular weight excluding hydrogens is 490 g/mol. The van der Waals surface area contributed by atoms with Crippen molar-refractivity contribution >= 4 is 60.9 Å². The van der Waals surface area contributed by atoms with E-state index >= 15 is 0 Å². The van der Waals surface area contributed by atoms with E-state index in [9.17, 15) is 13.6 Å². The highest BCUT2D eigenvalue weighted by Gasteiger charge is 2.24. The number of carbonyl (C=O) groups is 1. The summed E-state index contributed by atoms with van der Waals surface area (Å²) in [6.07, 6.45) is 5.79. The molecule has 3 heterocycles. The standard InChI is InChI=1S/C18H13BrF2N4O2S.ClH/c19-15-3-2-13(27-15)17(26)25(6-1-5-24-7-4-22-10-24)18-23-16-12(21)8-11(20)9-14(16)28-18;/h2-4,7-10H,1,5-6H2;1H. The molecule has 0 aliphatic carbocycles. The molecule has 1 amide bonds. The van der Waals surface area contributed by atoms with Crippen LogP contribution in [0.4, 0.5) is 13.9 Å². The first-order chi connectivity index (χ1) is 13.5. The van der Waals surface area contributed by atoms with Gasteiger partial charge in [-0.1, -0.05) is 11.3 Å². The summed E-state index contributed by atoms with van der Waals surface area (Å²) in [4.78, 5) is 22.6. The Morgan fingerprint density at radius 3 is 2.83 bits per heavy atom. The molecule has 6 nitrogen and oxygen atoms in total. The smallest absolute Gasteiger partial charge is 0.295 e. The normalized spacial score (nSPS) is 10.9. The van der Waals surface area contributed by atoms with Crippen molar-refractivity contribution in [3.8, 4) is 0 Å². The minimum atomic E-state index is -0.760. The number of hydrogen-bond acceptors (Lipinski definition) is 5. The van der Waals surface area contributed by atoms with Crippen molar-refractivity contribution < 1.29 is 18.0 Å². The van der Waals surface area contributed by atoms with Crippen LogP contribution in [0.3, 0.4) is 0 Å². The molecule has 1 aromatic carbocycles. The number of imidazole rings is 1. The maximum atomic E-state index is 14.1. The molecule has 4 aromatic rings. The molecule has 3 aromatic heterocycles. The fraction of sp³-hybridized carbons (Fsp3) is 0.167. The molecular formula is C18H14BrClF2N4O2S. The molecule has 0 aliphatic heterocycles. The maximum Gasteiger partial charge on any atom is 0.295 e. The highest BCUT2D eigenvalue weighted by molar-refractivity contribution is 9.10. The van der Waals surface area contributed by atoms with Gasteiger partial charge in [0.2, 0.25) is 0 Å². The summed E-state index contributed by atoms with van der Waals surface area (Å²) in [6.45, 7) is 0.957. The quantitative estimate of drug-likeness (QED) is 0.359. The van der Waals surface area contributed by atoms with Crippen LogP contribution >= 0.6 is 39.7 Å². The molecule has 4 rings (SSSR count). The molecule has 0 spiro atoms. The van der Waals surface area contributed by atoms with Crippen LogP contribution in [0.1, 0.15) is 17.0 Å². The number of nitrogens with zero attached hydrogens (tertiary/aromatic N) is 4. The van der Waals surface area contributed by atoms with E-state index in [4.69, 9.17) is 4.42 Å². The first kappa shape index (κ1) is 21.4. The molecule has 0 fully saturated rings. The number of halogens is 4. The minimum absolute atomic E-state index is 0. The van der Waals surface area contributed by atoms with Gasteiger partial charge in [0.15, 0.2) is 21.4 Å². The van der Waals surface area contributed by atoms with Gasteiger partial charge in [0.25, 0.3) is 5.91 Å². The van der Waals surface area contributed by atoms with E-state index in [1.807, 2.05) is 10.8 Å². The van der Waals surface area contributed by atoms with Gasteiger partial charge in [0.1, 0.15) is 11.3 Å². The Kier molecular flexibility index (Phi) is 6.66. The molecule has 0 aliphatic rings. The first-order valence-corrected chi connectivity index (χ1v) is 9.91. The lowest BCUT2D eigenvalue weighted by Gasteiger charge is -2.18. The van der Waals surface area contributed by atoms with Crippen molar-refractivity contribution in [2.24, 2.45) is 0 Å². The van der Waals surface area contributed by atoms with Crippen molar-refractivity contribution in [3.05, 3.63) is 65.1 Å². The third-order valence-corrected chi connectivity index (χ3v) is 5.47. The van der Waals surface area contributed by atoms with Crippen molar-refractivity contribution in [3.63, 3.8) is 0 Å². The molecule has 11 heteroatoms. The number of aryl methyl sites for hydroxylation is 1. The Balaban J connectivity index is 0.00000240. The van der Waals surface area contributed by atoms with Crippen molar-refractivity contribution in [1.82, 2.24) is 14.5 Å². The average Bonchev–Trinajstić information content (AvgIpc) is 3.38. The van der Waals surface area contributed by atoms with Crippen LogP contribution < -0.4 is 4.90 Å². The molecule has 0 saturated heterocycles. The van der Waals surface area contributed by atoms with Gasteiger partial charge in [0, 0.05) is 31.5 Å². The molecule has 0 bridgehead atoms. The van der Waals surface area contributed by atoms with Gasteiger partial charge in [0.05, 0.1) is 11.0 Å². The fourth-order valence-electron chi connectivity index (χ4n) is 2.74. The zero-order valence-corrected chi connectivity index (χ0v) is 17.9. The van der Waals surface area contributed by atoms with Crippen LogP contribution in [0.5, 0.6) is 0 Å². The first-order valence-electron chi connectivity index (χ1n) is 8.30. The average molecular weight is 504 g/mol. The number of carbonyl (C=O) groups excluding carboxylic acids is 1. The second-order valence-corrected chi connectivity index (χ2v) is 7.74. The second kappa shape index (κ2) is 9.02. The second-order valence-electron chi connectivity index (χ2n) is 5.95. The van der Waals surface area contributed by atoms with Crippen LogP contribution in [0.2, 0.25) is 0 Å². The van der Waals surface area contributed by atoms with Gasteiger partial charge in [-0.15, -0.1) is 12.4 Å². The van der Waals surface area contributed by atoms with Gasteiger partial charge in [-0.05, 0) is 40.5 Å². The van der Waals surface area contributed by atoms with E-state index in [2.05, 4.69) is 25.9 Å². The van der Waals surface area contributed by atoms with Gasteiger partial charge >= 0.3 is 0 Å². The number of thiazole rings is 1. The lowest BCUT2D eigenvalue weighted by atomic mass is 10.3. The van der Waals surface area contributed by atoms with Crippen LogP contribution in [0, 0.1) is 11.6 Å². The van der Waals surface area contributed by atoms with Crippen molar-refractivity contribution in [1.29, 1.82) is 0 Å². The Labute approximate surface area is 182 Å². The Morgan fingerprint density at radius 2 is 2.14 bits per heavy atom. The highest BCUT2D eigenvalue weighted by atomic mass is 79.9. The molecule has 0 saturated carbocycles. The summed E-state index contributed by atoms with van der Waals surface area (Å²) in [6, 6.07) is 5.14. The van der Waals surface area contributed by atoms with Crippen molar-refractivity contribution in [2.45, 2.75) is 13.0 Å². The molecule has 152 valence electrons. The largest absolute Gasteiger partial charge is 0.444 e. The van der Waals surface area contributed by atoms with E-state index in [0.717, 1.165) is 17.4 Å².